The van der Waals surface area contributed by atoms with Crippen LogP contribution in [0.1, 0.15) is 11.1 Å². The topological polar surface area (TPSA) is 41.5 Å². The summed E-state index contributed by atoms with van der Waals surface area (Å²) >= 11 is 0. The van der Waals surface area contributed by atoms with Crippen LogP contribution in [0, 0.1) is 5.82 Å². The first-order valence-corrected chi connectivity index (χ1v) is 5.58. The molecule has 1 unspecified atom stereocenters. The van der Waals surface area contributed by atoms with E-state index < -0.39 is 23.7 Å². The van der Waals surface area contributed by atoms with Crippen molar-refractivity contribution in [1.29, 1.82) is 0 Å². The summed E-state index contributed by atoms with van der Waals surface area (Å²) in [5, 5.41) is 12.1. The predicted octanol–water partition coefficient (Wildman–Crippen LogP) is 1.94. The fourth-order valence-corrected chi connectivity index (χ4v) is 1.53. The molecule has 0 amide bonds. The second-order valence-corrected chi connectivity index (χ2v) is 4.05. The molecule has 19 heavy (non-hydrogen) atoms. The lowest BCUT2D eigenvalue weighted by Crippen LogP contribution is -2.29. The molecule has 0 fully saturated rings. The molecular formula is C12H15F4NO2. The molecule has 0 aliphatic rings. The van der Waals surface area contributed by atoms with Crippen molar-refractivity contribution in [2.75, 3.05) is 20.3 Å². The Hall–Kier alpha value is -1.18. The van der Waals surface area contributed by atoms with Crippen LogP contribution in [0.5, 0.6) is 0 Å². The van der Waals surface area contributed by atoms with Crippen molar-refractivity contribution in [1.82, 2.24) is 5.32 Å². The Labute approximate surface area is 108 Å². The van der Waals surface area contributed by atoms with Crippen molar-refractivity contribution in [2.45, 2.75) is 18.8 Å². The SMILES string of the molecule is COCC(O)CNCc1ccc(F)c(C(F)(F)F)c1. The quantitative estimate of drug-likeness (QED) is 0.783. The molecule has 1 atom stereocenters. The minimum atomic E-state index is -4.71. The average molecular weight is 281 g/mol. The average Bonchev–Trinajstić information content (AvgIpc) is 2.30. The van der Waals surface area contributed by atoms with Gasteiger partial charge in [-0.1, -0.05) is 6.07 Å². The van der Waals surface area contributed by atoms with Crippen molar-refractivity contribution >= 4 is 0 Å². The molecule has 0 bridgehead atoms. The minimum absolute atomic E-state index is 0.101. The summed E-state index contributed by atoms with van der Waals surface area (Å²) in [5.41, 5.74) is -0.998. The van der Waals surface area contributed by atoms with Gasteiger partial charge in [0, 0.05) is 20.2 Å². The lowest BCUT2D eigenvalue weighted by atomic mass is 10.1. The van der Waals surface area contributed by atoms with Crippen LogP contribution < -0.4 is 5.32 Å². The molecule has 3 nitrogen and oxygen atoms in total. The van der Waals surface area contributed by atoms with Gasteiger partial charge in [0.2, 0.25) is 0 Å². The Morgan fingerprint density at radius 3 is 2.63 bits per heavy atom. The number of nitrogens with one attached hydrogen (secondary N) is 1. The van der Waals surface area contributed by atoms with Crippen LogP contribution in [-0.4, -0.2) is 31.5 Å². The number of ether oxygens (including phenoxy) is 1. The molecule has 108 valence electrons. The number of benzene rings is 1. The molecule has 0 aromatic heterocycles. The highest BCUT2D eigenvalue weighted by Crippen LogP contribution is 2.31. The molecule has 0 saturated carbocycles. The van der Waals surface area contributed by atoms with E-state index in [2.05, 4.69) is 5.32 Å². The summed E-state index contributed by atoms with van der Waals surface area (Å²) in [6.07, 6.45) is -5.46. The number of rotatable bonds is 6. The van der Waals surface area contributed by atoms with E-state index in [-0.39, 0.29) is 19.7 Å². The summed E-state index contributed by atoms with van der Waals surface area (Å²) in [4.78, 5) is 0. The Morgan fingerprint density at radius 2 is 2.05 bits per heavy atom. The zero-order chi connectivity index (χ0) is 14.5. The number of alkyl halides is 3. The first-order valence-electron chi connectivity index (χ1n) is 5.58. The molecule has 0 aliphatic carbocycles. The van der Waals surface area contributed by atoms with Gasteiger partial charge in [0.1, 0.15) is 5.82 Å². The van der Waals surface area contributed by atoms with Crippen LogP contribution in [0.25, 0.3) is 0 Å². The summed E-state index contributed by atoms with van der Waals surface area (Å²) < 4.78 is 55.1. The van der Waals surface area contributed by atoms with Gasteiger partial charge in [-0.3, -0.25) is 0 Å². The van der Waals surface area contributed by atoms with Crippen LogP contribution in [0.15, 0.2) is 18.2 Å². The summed E-state index contributed by atoms with van der Waals surface area (Å²) in [6, 6.07) is 2.80. The maximum atomic E-state index is 13.0. The van der Waals surface area contributed by atoms with Crippen molar-refractivity contribution < 1.29 is 27.4 Å². The van der Waals surface area contributed by atoms with Gasteiger partial charge in [0.05, 0.1) is 18.3 Å². The van der Waals surface area contributed by atoms with Crippen LogP contribution >= 0.6 is 0 Å². The summed E-state index contributed by atoms with van der Waals surface area (Å²) in [5.74, 6) is -1.30. The Kier molecular flexibility index (Phi) is 5.71. The third-order valence-electron chi connectivity index (χ3n) is 2.40. The van der Waals surface area contributed by atoms with Gasteiger partial charge >= 0.3 is 6.18 Å². The van der Waals surface area contributed by atoms with E-state index in [0.717, 1.165) is 12.1 Å². The third-order valence-corrected chi connectivity index (χ3v) is 2.40. The first-order chi connectivity index (χ1) is 8.84. The van der Waals surface area contributed by atoms with Crippen molar-refractivity contribution in [3.05, 3.63) is 35.1 Å². The molecule has 1 rings (SSSR count). The fourth-order valence-electron chi connectivity index (χ4n) is 1.53. The zero-order valence-corrected chi connectivity index (χ0v) is 10.3. The number of hydrogen-bond donors (Lipinski definition) is 2. The lowest BCUT2D eigenvalue weighted by molar-refractivity contribution is -0.140. The van der Waals surface area contributed by atoms with E-state index in [1.165, 1.54) is 13.2 Å². The van der Waals surface area contributed by atoms with Gasteiger partial charge in [-0.05, 0) is 17.7 Å². The molecule has 0 saturated heterocycles. The van der Waals surface area contributed by atoms with Crippen molar-refractivity contribution in [3.63, 3.8) is 0 Å². The number of aliphatic hydroxyl groups is 1. The summed E-state index contributed by atoms with van der Waals surface area (Å²) in [7, 11) is 1.43. The second-order valence-electron chi connectivity index (χ2n) is 4.05. The zero-order valence-electron chi connectivity index (χ0n) is 10.3. The predicted molar refractivity (Wildman–Crippen MR) is 61.0 cm³/mol. The van der Waals surface area contributed by atoms with Gasteiger partial charge in [0.25, 0.3) is 0 Å². The number of methoxy groups -OCH3 is 1. The Morgan fingerprint density at radius 1 is 1.37 bits per heavy atom. The maximum absolute atomic E-state index is 13.0. The molecule has 7 heteroatoms. The third kappa shape index (κ3) is 5.14. The maximum Gasteiger partial charge on any atom is 0.419 e. The Bertz CT molecular complexity index is 409. The van der Waals surface area contributed by atoms with Crippen LogP contribution in [-0.2, 0) is 17.5 Å². The van der Waals surface area contributed by atoms with Gasteiger partial charge in [0.15, 0.2) is 0 Å². The fraction of sp³-hybridized carbons (Fsp3) is 0.500. The highest BCUT2D eigenvalue weighted by Gasteiger charge is 2.34. The lowest BCUT2D eigenvalue weighted by Gasteiger charge is -2.12. The van der Waals surface area contributed by atoms with Crippen LogP contribution in [0.2, 0.25) is 0 Å². The normalized spacial score (nSPS) is 13.6. The molecule has 2 N–H and O–H groups in total. The smallest absolute Gasteiger partial charge is 0.389 e. The van der Waals surface area contributed by atoms with Gasteiger partial charge in [-0.25, -0.2) is 4.39 Å². The van der Waals surface area contributed by atoms with E-state index in [0.29, 0.717) is 5.56 Å². The van der Waals surface area contributed by atoms with Crippen molar-refractivity contribution in [3.8, 4) is 0 Å². The molecule has 0 heterocycles. The molecule has 1 aromatic rings. The van der Waals surface area contributed by atoms with Crippen LogP contribution in [0.4, 0.5) is 17.6 Å². The highest BCUT2D eigenvalue weighted by molar-refractivity contribution is 5.27. The highest BCUT2D eigenvalue weighted by atomic mass is 19.4. The second kappa shape index (κ2) is 6.83. The van der Waals surface area contributed by atoms with Gasteiger partial charge in [-0.15, -0.1) is 0 Å². The molecule has 0 aliphatic heterocycles. The molecular weight excluding hydrogens is 266 g/mol. The van der Waals surface area contributed by atoms with Crippen molar-refractivity contribution in [2.24, 2.45) is 0 Å². The van der Waals surface area contributed by atoms with Gasteiger partial charge < -0.3 is 15.2 Å². The molecule has 1 aromatic carbocycles. The van der Waals surface area contributed by atoms with E-state index in [4.69, 9.17) is 4.74 Å². The largest absolute Gasteiger partial charge is 0.419 e. The minimum Gasteiger partial charge on any atom is -0.389 e. The van der Waals surface area contributed by atoms with Gasteiger partial charge in [-0.2, -0.15) is 13.2 Å². The number of hydrogen-bond acceptors (Lipinski definition) is 3. The number of aliphatic hydroxyl groups excluding tert-OH is 1. The standard InChI is InChI=1S/C12H15F4NO2/c1-19-7-9(18)6-17-5-8-2-3-11(13)10(4-8)12(14,15)16/h2-4,9,17-18H,5-7H2,1H3. The van der Waals surface area contributed by atoms with E-state index in [9.17, 15) is 22.7 Å². The number of halogens is 4. The molecule has 0 spiro atoms. The van der Waals surface area contributed by atoms with E-state index in [1.807, 2.05) is 0 Å². The van der Waals surface area contributed by atoms with Crippen LogP contribution in [0.3, 0.4) is 0 Å². The van der Waals surface area contributed by atoms with E-state index >= 15 is 0 Å². The van der Waals surface area contributed by atoms with E-state index in [1.54, 1.807) is 0 Å². The summed E-state index contributed by atoms with van der Waals surface area (Å²) in [6.45, 7) is 0.404. The Balaban J connectivity index is 2.60. The molecule has 0 radical (unpaired) electrons. The first kappa shape index (κ1) is 15.9. The monoisotopic (exact) mass is 281 g/mol.